The predicted molar refractivity (Wildman–Crippen MR) is 103 cm³/mol. The lowest BCUT2D eigenvalue weighted by atomic mass is 9.73. The molecule has 0 radical (unpaired) electrons. The first kappa shape index (κ1) is 17.7. The Morgan fingerprint density at radius 1 is 1.00 bits per heavy atom. The number of likely N-dealkylation sites (tertiary alicyclic amines) is 1. The highest BCUT2D eigenvalue weighted by atomic mass is 16.5. The van der Waals surface area contributed by atoms with Gasteiger partial charge in [-0.2, -0.15) is 0 Å². The SMILES string of the molecule is O=C([C@@H]1CC2(CCN([C@H]3CCOC3)CC2)c2ccccc21)N1CCOCC1. The molecule has 5 heteroatoms. The van der Waals surface area contributed by atoms with Crippen molar-refractivity contribution in [3.63, 3.8) is 0 Å². The maximum absolute atomic E-state index is 13.3. The van der Waals surface area contributed by atoms with Crippen molar-refractivity contribution in [3.8, 4) is 0 Å². The maximum atomic E-state index is 13.3. The van der Waals surface area contributed by atoms with Crippen LogP contribution in [0.3, 0.4) is 0 Å². The Labute approximate surface area is 161 Å². The molecule has 1 spiro atoms. The molecule has 1 aromatic carbocycles. The van der Waals surface area contributed by atoms with Crippen LogP contribution in [0.2, 0.25) is 0 Å². The van der Waals surface area contributed by atoms with Gasteiger partial charge in [0.25, 0.3) is 0 Å². The topological polar surface area (TPSA) is 42.0 Å². The fourth-order valence-electron chi connectivity index (χ4n) is 5.72. The monoisotopic (exact) mass is 370 g/mol. The third-order valence-electron chi connectivity index (χ3n) is 7.30. The zero-order valence-electron chi connectivity index (χ0n) is 16.1. The molecule has 2 atom stereocenters. The molecule has 3 fully saturated rings. The van der Waals surface area contributed by atoms with Gasteiger partial charge < -0.3 is 14.4 Å². The van der Waals surface area contributed by atoms with Crippen molar-refractivity contribution >= 4 is 5.91 Å². The van der Waals surface area contributed by atoms with Gasteiger partial charge in [-0.1, -0.05) is 24.3 Å². The van der Waals surface area contributed by atoms with E-state index in [4.69, 9.17) is 9.47 Å². The molecule has 27 heavy (non-hydrogen) atoms. The number of fused-ring (bicyclic) bond motifs is 2. The lowest BCUT2D eigenvalue weighted by molar-refractivity contribution is -0.137. The van der Waals surface area contributed by atoms with Crippen molar-refractivity contribution in [2.45, 2.75) is 43.1 Å². The minimum absolute atomic E-state index is 0.0284. The molecule has 0 N–H and O–H groups in total. The molecule has 1 amide bonds. The average Bonchev–Trinajstić information content (AvgIpc) is 3.37. The van der Waals surface area contributed by atoms with Gasteiger partial charge in [0.1, 0.15) is 0 Å². The van der Waals surface area contributed by atoms with E-state index in [0.717, 1.165) is 58.7 Å². The second-order valence-electron chi connectivity index (χ2n) is 8.62. The number of carbonyl (C=O) groups excluding carboxylic acids is 1. The van der Waals surface area contributed by atoms with Crippen LogP contribution in [0, 0.1) is 0 Å². The van der Waals surface area contributed by atoms with Gasteiger partial charge in [-0.15, -0.1) is 0 Å². The Kier molecular flexibility index (Phi) is 4.70. The van der Waals surface area contributed by atoms with E-state index >= 15 is 0 Å². The zero-order valence-corrected chi connectivity index (χ0v) is 16.1. The minimum atomic E-state index is 0.0284. The van der Waals surface area contributed by atoms with Gasteiger partial charge in [0.15, 0.2) is 0 Å². The summed E-state index contributed by atoms with van der Waals surface area (Å²) in [5.74, 6) is 0.343. The largest absolute Gasteiger partial charge is 0.380 e. The molecule has 0 saturated carbocycles. The molecular weight excluding hydrogens is 340 g/mol. The molecule has 5 rings (SSSR count). The summed E-state index contributed by atoms with van der Waals surface area (Å²) in [4.78, 5) is 18.0. The highest BCUT2D eigenvalue weighted by Gasteiger charge is 2.48. The molecule has 0 bridgehead atoms. The number of rotatable bonds is 2. The van der Waals surface area contributed by atoms with Crippen LogP contribution in [0.15, 0.2) is 24.3 Å². The van der Waals surface area contributed by atoms with Crippen LogP contribution in [-0.2, 0) is 19.7 Å². The van der Waals surface area contributed by atoms with Crippen LogP contribution in [-0.4, -0.2) is 74.4 Å². The number of ether oxygens (including phenoxy) is 2. The van der Waals surface area contributed by atoms with Gasteiger partial charge in [0.2, 0.25) is 5.91 Å². The number of piperidine rings is 1. The van der Waals surface area contributed by atoms with Crippen molar-refractivity contribution in [1.29, 1.82) is 0 Å². The zero-order chi connectivity index (χ0) is 18.3. The van der Waals surface area contributed by atoms with Gasteiger partial charge >= 0.3 is 0 Å². The highest BCUT2D eigenvalue weighted by Crippen LogP contribution is 2.52. The van der Waals surface area contributed by atoms with Crippen molar-refractivity contribution in [2.24, 2.45) is 0 Å². The van der Waals surface area contributed by atoms with Crippen LogP contribution in [0.1, 0.15) is 42.7 Å². The Morgan fingerprint density at radius 3 is 2.52 bits per heavy atom. The number of benzene rings is 1. The van der Waals surface area contributed by atoms with E-state index in [1.165, 1.54) is 17.5 Å². The van der Waals surface area contributed by atoms with Crippen molar-refractivity contribution in [2.75, 3.05) is 52.6 Å². The second kappa shape index (κ2) is 7.19. The normalized spacial score (nSPS) is 30.6. The van der Waals surface area contributed by atoms with Crippen LogP contribution >= 0.6 is 0 Å². The lowest BCUT2D eigenvalue weighted by Gasteiger charge is -2.42. The molecule has 0 aromatic heterocycles. The number of hydrogen-bond donors (Lipinski definition) is 0. The van der Waals surface area contributed by atoms with E-state index in [-0.39, 0.29) is 11.3 Å². The second-order valence-corrected chi connectivity index (χ2v) is 8.62. The van der Waals surface area contributed by atoms with Gasteiger partial charge in [-0.05, 0) is 55.3 Å². The van der Waals surface area contributed by atoms with E-state index in [1.807, 2.05) is 4.90 Å². The third-order valence-corrected chi connectivity index (χ3v) is 7.30. The van der Waals surface area contributed by atoms with Gasteiger partial charge in [-0.25, -0.2) is 0 Å². The Balaban J connectivity index is 1.36. The smallest absolute Gasteiger partial charge is 0.230 e. The molecule has 146 valence electrons. The molecule has 5 nitrogen and oxygen atoms in total. The Morgan fingerprint density at radius 2 is 1.78 bits per heavy atom. The summed E-state index contributed by atoms with van der Waals surface area (Å²) in [5.41, 5.74) is 2.91. The summed E-state index contributed by atoms with van der Waals surface area (Å²) in [5, 5.41) is 0. The minimum Gasteiger partial charge on any atom is -0.380 e. The molecular formula is C22H30N2O3. The molecule has 1 aromatic rings. The highest BCUT2D eigenvalue weighted by molar-refractivity contribution is 5.86. The predicted octanol–water partition coefficient (Wildman–Crippen LogP) is 2.16. The average molecular weight is 370 g/mol. The summed E-state index contributed by atoms with van der Waals surface area (Å²) in [7, 11) is 0. The van der Waals surface area contributed by atoms with E-state index in [0.29, 0.717) is 25.2 Å². The standard InChI is InChI=1S/C22H30N2O3/c25-21(24-10-13-26-14-11-24)19-15-22(20-4-2-1-3-18(19)20)6-8-23(9-7-22)17-5-12-27-16-17/h1-4,17,19H,5-16H2/t17-,19+/m0/s1. The van der Waals surface area contributed by atoms with Crippen molar-refractivity contribution in [3.05, 3.63) is 35.4 Å². The fourth-order valence-corrected chi connectivity index (χ4v) is 5.72. The first-order valence-electron chi connectivity index (χ1n) is 10.5. The van der Waals surface area contributed by atoms with E-state index in [9.17, 15) is 4.79 Å². The number of morpholine rings is 1. The quantitative estimate of drug-likeness (QED) is 0.800. The molecule has 3 saturated heterocycles. The van der Waals surface area contributed by atoms with Crippen LogP contribution in [0.25, 0.3) is 0 Å². The number of hydrogen-bond acceptors (Lipinski definition) is 4. The summed E-state index contributed by atoms with van der Waals surface area (Å²) >= 11 is 0. The van der Waals surface area contributed by atoms with Crippen LogP contribution in [0.5, 0.6) is 0 Å². The van der Waals surface area contributed by atoms with E-state index in [1.54, 1.807) is 0 Å². The Bertz CT molecular complexity index is 687. The summed E-state index contributed by atoms with van der Waals surface area (Å²) in [6.07, 6.45) is 4.47. The van der Waals surface area contributed by atoms with Crippen molar-refractivity contribution in [1.82, 2.24) is 9.80 Å². The molecule has 3 heterocycles. The molecule has 0 unspecified atom stereocenters. The van der Waals surface area contributed by atoms with Gasteiger partial charge in [0, 0.05) is 25.7 Å². The number of carbonyl (C=O) groups is 1. The van der Waals surface area contributed by atoms with E-state index < -0.39 is 0 Å². The number of nitrogens with zero attached hydrogens (tertiary/aromatic N) is 2. The summed E-state index contributed by atoms with van der Waals surface area (Å²) in [6.45, 7) is 6.86. The maximum Gasteiger partial charge on any atom is 0.230 e. The van der Waals surface area contributed by atoms with Crippen molar-refractivity contribution < 1.29 is 14.3 Å². The fraction of sp³-hybridized carbons (Fsp3) is 0.682. The van der Waals surface area contributed by atoms with Gasteiger partial charge in [0.05, 0.1) is 25.7 Å². The first-order chi connectivity index (χ1) is 13.3. The third kappa shape index (κ3) is 3.10. The summed E-state index contributed by atoms with van der Waals surface area (Å²) in [6, 6.07) is 9.34. The molecule has 1 aliphatic carbocycles. The molecule has 3 aliphatic heterocycles. The van der Waals surface area contributed by atoms with E-state index in [2.05, 4.69) is 29.2 Å². The van der Waals surface area contributed by atoms with Crippen LogP contribution < -0.4 is 0 Å². The van der Waals surface area contributed by atoms with Crippen LogP contribution in [0.4, 0.5) is 0 Å². The number of amides is 1. The first-order valence-corrected chi connectivity index (χ1v) is 10.5. The summed E-state index contributed by atoms with van der Waals surface area (Å²) < 4.78 is 11.0. The Hall–Kier alpha value is -1.43. The molecule has 4 aliphatic rings. The lowest BCUT2D eigenvalue weighted by Crippen LogP contribution is -2.47. The van der Waals surface area contributed by atoms with Gasteiger partial charge in [-0.3, -0.25) is 9.69 Å².